The minimum Gasteiger partial charge on any atom is -0.394 e. The molecule has 0 aromatic carbocycles. The molecule has 1 heterocycles. The van der Waals surface area contributed by atoms with E-state index in [4.69, 9.17) is 9.47 Å². The Morgan fingerprint density at radius 1 is 0.467 bits per heavy atom. The molecule has 1 amide bonds. The number of rotatable bonds is 54. The van der Waals surface area contributed by atoms with Crippen molar-refractivity contribution in [1.82, 2.24) is 5.32 Å². The number of hydrogen-bond acceptors (Lipinski definition) is 8. The fourth-order valence-corrected chi connectivity index (χ4v) is 9.83. The number of unbranched alkanes of at least 4 members (excludes halogenated alkanes) is 34. The number of aliphatic hydroxyl groups is 5. The first kappa shape index (κ1) is 70.6. The molecule has 9 heteroatoms. The average Bonchev–Trinajstić information content (AvgIpc) is 3.41. The van der Waals surface area contributed by atoms with Gasteiger partial charge in [0, 0.05) is 6.42 Å². The zero-order chi connectivity index (χ0) is 54.3. The zero-order valence-corrected chi connectivity index (χ0v) is 48.5. The van der Waals surface area contributed by atoms with Gasteiger partial charge in [0.05, 0.1) is 25.4 Å². The third-order valence-electron chi connectivity index (χ3n) is 14.8. The lowest BCUT2D eigenvalue weighted by Crippen LogP contribution is -2.60. The molecule has 1 fully saturated rings. The van der Waals surface area contributed by atoms with Crippen LogP contribution in [0.25, 0.3) is 0 Å². The van der Waals surface area contributed by atoms with Crippen LogP contribution in [0.4, 0.5) is 0 Å². The number of carbonyl (C=O) groups is 1. The lowest BCUT2D eigenvalue weighted by Gasteiger charge is -2.40. The summed E-state index contributed by atoms with van der Waals surface area (Å²) in [5.74, 6) is -0.176. The molecule has 1 saturated heterocycles. The molecule has 0 aromatic rings. The topological polar surface area (TPSA) is 149 Å². The smallest absolute Gasteiger partial charge is 0.220 e. The van der Waals surface area contributed by atoms with E-state index >= 15 is 0 Å². The van der Waals surface area contributed by atoms with E-state index in [1.807, 2.05) is 6.08 Å². The van der Waals surface area contributed by atoms with Crippen LogP contribution in [0.15, 0.2) is 72.9 Å². The van der Waals surface area contributed by atoms with Crippen molar-refractivity contribution in [2.24, 2.45) is 0 Å². The van der Waals surface area contributed by atoms with E-state index in [0.717, 1.165) is 70.6 Å². The highest BCUT2D eigenvalue weighted by molar-refractivity contribution is 5.76. The van der Waals surface area contributed by atoms with Crippen molar-refractivity contribution in [1.29, 1.82) is 0 Å². The monoisotopic (exact) mass is 1050 g/mol. The van der Waals surface area contributed by atoms with E-state index in [2.05, 4.69) is 79.9 Å². The summed E-state index contributed by atoms with van der Waals surface area (Å²) in [7, 11) is 0. The van der Waals surface area contributed by atoms with Crippen LogP contribution in [-0.4, -0.2) is 87.5 Å². The van der Waals surface area contributed by atoms with Gasteiger partial charge in [-0.25, -0.2) is 0 Å². The number of allylic oxidation sites excluding steroid dienone is 11. The third-order valence-corrected chi connectivity index (χ3v) is 14.8. The normalized spacial score (nSPS) is 19.4. The van der Waals surface area contributed by atoms with Crippen LogP contribution >= 0.6 is 0 Å². The van der Waals surface area contributed by atoms with Gasteiger partial charge in [0.1, 0.15) is 24.4 Å². The molecule has 75 heavy (non-hydrogen) atoms. The fourth-order valence-electron chi connectivity index (χ4n) is 9.83. The average molecular weight is 1050 g/mol. The van der Waals surface area contributed by atoms with Crippen molar-refractivity contribution in [3.63, 3.8) is 0 Å². The summed E-state index contributed by atoms with van der Waals surface area (Å²) in [4.78, 5) is 13.1. The molecule has 0 radical (unpaired) electrons. The predicted molar refractivity (Wildman–Crippen MR) is 318 cm³/mol. The Morgan fingerprint density at radius 2 is 0.827 bits per heavy atom. The highest BCUT2D eigenvalue weighted by atomic mass is 16.7. The van der Waals surface area contributed by atoms with E-state index in [9.17, 15) is 30.3 Å². The molecule has 1 rings (SSSR count). The molecule has 7 atom stereocenters. The third kappa shape index (κ3) is 44.2. The molecular weight excluding hydrogens is 935 g/mol. The van der Waals surface area contributed by atoms with Crippen LogP contribution in [0.2, 0.25) is 0 Å². The zero-order valence-electron chi connectivity index (χ0n) is 48.5. The van der Waals surface area contributed by atoms with Crippen LogP contribution in [0.1, 0.15) is 284 Å². The molecule has 6 N–H and O–H groups in total. The first-order valence-corrected chi connectivity index (χ1v) is 31.7. The van der Waals surface area contributed by atoms with Crippen molar-refractivity contribution >= 4 is 5.91 Å². The molecular formula is C66H119NO8. The van der Waals surface area contributed by atoms with E-state index < -0.39 is 49.5 Å². The molecule has 0 bridgehead atoms. The van der Waals surface area contributed by atoms with Gasteiger partial charge in [-0.15, -0.1) is 0 Å². The van der Waals surface area contributed by atoms with Gasteiger partial charge in [-0.3, -0.25) is 4.79 Å². The number of nitrogens with one attached hydrogen (secondary N) is 1. The molecule has 0 saturated carbocycles. The van der Waals surface area contributed by atoms with Gasteiger partial charge >= 0.3 is 0 Å². The van der Waals surface area contributed by atoms with Gasteiger partial charge in [0.15, 0.2) is 6.29 Å². The molecule has 7 unspecified atom stereocenters. The number of aliphatic hydroxyl groups excluding tert-OH is 5. The summed E-state index contributed by atoms with van der Waals surface area (Å²) in [6.45, 7) is 3.69. The highest BCUT2D eigenvalue weighted by Gasteiger charge is 2.44. The van der Waals surface area contributed by atoms with Crippen LogP contribution in [0, 0.1) is 0 Å². The molecule has 9 nitrogen and oxygen atoms in total. The van der Waals surface area contributed by atoms with E-state index in [1.165, 1.54) is 193 Å². The van der Waals surface area contributed by atoms with Crippen LogP contribution < -0.4 is 5.32 Å². The van der Waals surface area contributed by atoms with Crippen molar-refractivity contribution in [2.45, 2.75) is 326 Å². The summed E-state index contributed by atoms with van der Waals surface area (Å²) in [5, 5.41) is 54.6. The molecule has 1 aliphatic rings. The number of ether oxygens (including phenoxy) is 2. The minimum atomic E-state index is -1.57. The summed E-state index contributed by atoms with van der Waals surface area (Å²) in [6, 6.07) is -0.808. The quantitative estimate of drug-likeness (QED) is 0.0261. The second kappa shape index (κ2) is 55.0. The summed E-state index contributed by atoms with van der Waals surface area (Å²) < 4.78 is 11.3. The second-order valence-corrected chi connectivity index (χ2v) is 21.8. The Labute approximate surface area is 461 Å². The Balaban J connectivity index is 2.17. The van der Waals surface area contributed by atoms with Crippen LogP contribution in [-0.2, 0) is 14.3 Å². The van der Waals surface area contributed by atoms with Gasteiger partial charge in [0.25, 0.3) is 0 Å². The number of carbonyl (C=O) groups excluding carboxylic acids is 1. The maximum Gasteiger partial charge on any atom is 0.220 e. The van der Waals surface area contributed by atoms with Gasteiger partial charge < -0.3 is 40.3 Å². The first-order valence-electron chi connectivity index (χ1n) is 31.7. The standard InChI is InChI=1S/C66H119NO8/c1-3-5-7-9-11-13-15-17-19-21-23-25-26-27-28-29-30-31-32-33-34-36-38-40-42-44-46-48-50-52-54-56-62(70)67-59(58-74-66-65(73)64(72)63(71)61(57-68)75-66)60(69)55-53-51-49-47-45-43-41-39-37-35-24-22-20-18-16-14-12-10-8-6-4-2/h5,7,11,13,17,19,23,25,27-28,53,55,59-61,63-66,68-69,71-73H,3-4,6,8-10,12,14-16,18,20-22,24,26,29-52,54,56-58H2,1-2H3,(H,67,70)/b7-5-,13-11-,19-17-,25-23-,28-27-,55-53+. The second-order valence-electron chi connectivity index (χ2n) is 21.8. The van der Waals surface area contributed by atoms with Crippen molar-refractivity contribution < 1.29 is 39.8 Å². The Kier molecular flexibility index (Phi) is 51.8. The van der Waals surface area contributed by atoms with Gasteiger partial charge in [-0.05, 0) is 64.2 Å². The predicted octanol–water partition coefficient (Wildman–Crippen LogP) is 16.4. The molecule has 0 aliphatic carbocycles. The lowest BCUT2D eigenvalue weighted by molar-refractivity contribution is -0.302. The Hall–Kier alpha value is -2.37. The van der Waals surface area contributed by atoms with Gasteiger partial charge in [-0.1, -0.05) is 286 Å². The Bertz CT molecular complexity index is 1410. The Morgan fingerprint density at radius 3 is 1.23 bits per heavy atom. The largest absolute Gasteiger partial charge is 0.394 e. The SMILES string of the molecule is CC/C=C\C/C=C\C/C=C\C/C=C\C/C=C\CCCCCCCCCCCCCCCCCC(=O)NC(COC1OC(CO)C(O)C(O)C1O)C(O)/C=C/CCCCCCCCCCCCCCCCCCCCC. The number of amides is 1. The van der Waals surface area contributed by atoms with Crippen LogP contribution in [0.3, 0.4) is 0 Å². The van der Waals surface area contributed by atoms with Gasteiger partial charge in [0.2, 0.25) is 5.91 Å². The van der Waals surface area contributed by atoms with Crippen molar-refractivity contribution in [3.8, 4) is 0 Å². The summed E-state index contributed by atoms with van der Waals surface area (Å²) in [5.41, 5.74) is 0. The van der Waals surface area contributed by atoms with Crippen molar-refractivity contribution in [2.75, 3.05) is 13.2 Å². The highest BCUT2D eigenvalue weighted by Crippen LogP contribution is 2.23. The van der Waals surface area contributed by atoms with E-state index in [0.29, 0.717) is 6.42 Å². The minimum absolute atomic E-state index is 0.176. The molecule has 436 valence electrons. The van der Waals surface area contributed by atoms with E-state index in [1.54, 1.807) is 6.08 Å². The van der Waals surface area contributed by atoms with Gasteiger partial charge in [-0.2, -0.15) is 0 Å². The number of hydrogen-bond donors (Lipinski definition) is 6. The molecule has 1 aliphatic heterocycles. The first-order chi connectivity index (χ1) is 36.8. The summed E-state index contributed by atoms with van der Waals surface area (Å²) in [6.07, 6.45) is 69.8. The van der Waals surface area contributed by atoms with Crippen LogP contribution in [0.5, 0.6) is 0 Å². The summed E-state index contributed by atoms with van der Waals surface area (Å²) >= 11 is 0. The van der Waals surface area contributed by atoms with Crippen molar-refractivity contribution in [3.05, 3.63) is 72.9 Å². The fraction of sp³-hybridized carbons (Fsp3) is 0.803. The maximum absolute atomic E-state index is 13.1. The molecule has 0 spiro atoms. The molecule has 0 aromatic heterocycles. The maximum atomic E-state index is 13.1. The lowest BCUT2D eigenvalue weighted by atomic mass is 9.99. The van der Waals surface area contributed by atoms with E-state index in [-0.39, 0.29) is 12.5 Å².